The molecule has 0 aromatic heterocycles. The Morgan fingerprint density at radius 1 is 1.00 bits per heavy atom. The van der Waals surface area contributed by atoms with Crippen LogP contribution in [0.4, 0.5) is 0 Å². The second-order valence-corrected chi connectivity index (χ2v) is 13.1. The van der Waals surface area contributed by atoms with Crippen molar-refractivity contribution >= 4 is 14.3 Å². The van der Waals surface area contributed by atoms with Crippen molar-refractivity contribution in [1.82, 2.24) is 0 Å². The van der Waals surface area contributed by atoms with E-state index in [4.69, 9.17) is 18.6 Å². The monoisotopic (exact) mass is 456 g/mol. The van der Waals surface area contributed by atoms with E-state index in [-0.39, 0.29) is 43.1 Å². The van der Waals surface area contributed by atoms with Gasteiger partial charge in [-0.2, -0.15) is 0 Å². The van der Waals surface area contributed by atoms with E-state index in [1.807, 2.05) is 6.08 Å². The molecule has 1 aliphatic heterocycles. The summed E-state index contributed by atoms with van der Waals surface area (Å²) in [5, 5.41) is 9.38. The minimum atomic E-state index is -1.84. The predicted molar refractivity (Wildman–Crippen MR) is 127 cm³/mol. The lowest BCUT2D eigenvalue weighted by atomic mass is 10.0. The van der Waals surface area contributed by atoms with Gasteiger partial charge in [-0.1, -0.05) is 39.8 Å². The fourth-order valence-electron chi connectivity index (χ4n) is 4.16. The Hall–Kier alpha value is -0.993. The van der Waals surface area contributed by atoms with Gasteiger partial charge in [0.2, 0.25) is 0 Å². The average Bonchev–Trinajstić information content (AvgIpc) is 3.52. The van der Waals surface area contributed by atoms with E-state index in [0.29, 0.717) is 19.3 Å². The molecular weight excluding hydrogens is 412 g/mol. The third kappa shape index (κ3) is 8.81. The molecule has 6 nitrogen and oxygen atoms in total. The van der Waals surface area contributed by atoms with Gasteiger partial charge < -0.3 is 23.7 Å². The standard InChI is InChI=1S/C24H44O6Si/c1-8-14-20(27-18(7)26)22(16-23-24(17-25)29-23)28-19(10-3)21(15-9-2)30-31(11-4,12-5)13-6/h8-9,19-25H,1-2,10-17H2,3-7H3/t19-,20+,21-,22+,23+,24+/m1/s1. The first kappa shape index (κ1) is 28.0. The van der Waals surface area contributed by atoms with Crippen LogP contribution in [0.5, 0.6) is 0 Å². The molecule has 180 valence electrons. The first-order valence-corrected chi connectivity index (χ1v) is 14.3. The number of aliphatic hydroxyl groups is 1. The summed E-state index contributed by atoms with van der Waals surface area (Å²) in [6, 6.07) is 3.19. The van der Waals surface area contributed by atoms with Crippen LogP contribution < -0.4 is 0 Å². The number of carbonyl (C=O) groups excluding carboxylic acids is 1. The van der Waals surface area contributed by atoms with Crippen molar-refractivity contribution in [2.24, 2.45) is 0 Å². The number of epoxide rings is 1. The van der Waals surface area contributed by atoms with E-state index in [1.54, 1.807) is 6.08 Å². The molecule has 0 radical (unpaired) electrons. The molecule has 31 heavy (non-hydrogen) atoms. The molecule has 1 saturated heterocycles. The summed E-state index contributed by atoms with van der Waals surface area (Å²) < 4.78 is 24.6. The van der Waals surface area contributed by atoms with E-state index < -0.39 is 14.4 Å². The van der Waals surface area contributed by atoms with Gasteiger partial charge >= 0.3 is 5.97 Å². The van der Waals surface area contributed by atoms with Crippen molar-refractivity contribution in [2.75, 3.05) is 6.61 Å². The highest BCUT2D eigenvalue weighted by Gasteiger charge is 2.43. The smallest absolute Gasteiger partial charge is 0.303 e. The largest absolute Gasteiger partial charge is 0.459 e. The minimum Gasteiger partial charge on any atom is -0.459 e. The van der Waals surface area contributed by atoms with Gasteiger partial charge in [0.1, 0.15) is 12.2 Å². The maximum atomic E-state index is 11.7. The molecule has 6 atom stereocenters. The first-order valence-electron chi connectivity index (χ1n) is 11.8. The summed E-state index contributed by atoms with van der Waals surface area (Å²) in [4.78, 5) is 11.7. The normalized spacial score (nSPS) is 22.3. The number of aliphatic hydroxyl groups excluding tert-OH is 1. The second-order valence-electron chi connectivity index (χ2n) is 8.35. The molecule has 0 saturated carbocycles. The zero-order chi connectivity index (χ0) is 23.4. The Morgan fingerprint density at radius 3 is 2.00 bits per heavy atom. The SMILES string of the molecule is C=CC[C@H](OC(C)=O)[C@H](C[C@@H]1O[C@H]1CO)O[C@H](CC)[C@@H](CC=C)O[Si](CC)(CC)CC. The molecule has 1 fully saturated rings. The van der Waals surface area contributed by atoms with E-state index in [2.05, 4.69) is 40.9 Å². The van der Waals surface area contributed by atoms with Crippen LogP contribution in [0, 0.1) is 0 Å². The quantitative estimate of drug-likeness (QED) is 0.138. The van der Waals surface area contributed by atoms with E-state index in [1.165, 1.54) is 6.92 Å². The molecule has 1 rings (SSSR count). The molecule has 1 N–H and O–H groups in total. The lowest BCUT2D eigenvalue weighted by Gasteiger charge is -2.38. The van der Waals surface area contributed by atoms with Crippen molar-refractivity contribution in [3.8, 4) is 0 Å². The summed E-state index contributed by atoms with van der Waals surface area (Å²) in [5.74, 6) is -0.350. The maximum Gasteiger partial charge on any atom is 0.303 e. The van der Waals surface area contributed by atoms with Crippen LogP contribution in [0.25, 0.3) is 0 Å². The summed E-state index contributed by atoms with van der Waals surface area (Å²) in [6.07, 6.45) is 4.80. The zero-order valence-corrected chi connectivity index (χ0v) is 21.2. The molecule has 7 heteroatoms. The van der Waals surface area contributed by atoms with Crippen LogP contribution in [0.2, 0.25) is 18.1 Å². The highest BCUT2D eigenvalue weighted by Crippen LogP contribution is 2.32. The summed E-state index contributed by atoms with van der Waals surface area (Å²) in [6.45, 7) is 17.9. The molecular formula is C24H44O6Si. The zero-order valence-electron chi connectivity index (χ0n) is 20.2. The second kappa shape index (κ2) is 14.2. The van der Waals surface area contributed by atoms with Crippen molar-refractivity contribution in [2.45, 2.75) is 115 Å². The fraction of sp³-hybridized carbons (Fsp3) is 0.792. The predicted octanol–water partition coefficient (Wildman–Crippen LogP) is 4.77. The van der Waals surface area contributed by atoms with Crippen LogP contribution in [0.3, 0.4) is 0 Å². The van der Waals surface area contributed by atoms with E-state index in [9.17, 15) is 9.90 Å². The van der Waals surface area contributed by atoms with Crippen LogP contribution >= 0.6 is 0 Å². The van der Waals surface area contributed by atoms with E-state index >= 15 is 0 Å². The maximum absolute atomic E-state index is 11.7. The molecule has 0 bridgehead atoms. The van der Waals surface area contributed by atoms with Crippen LogP contribution in [0.15, 0.2) is 25.3 Å². The molecule has 0 aliphatic carbocycles. The van der Waals surface area contributed by atoms with Crippen LogP contribution in [0.1, 0.15) is 60.3 Å². The third-order valence-electron chi connectivity index (χ3n) is 6.36. The molecule has 1 heterocycles. The highest BCUT2D eigenvalue weighted by atomic mass is 28.4. The molecule has 0 aromatic rings. The number of ether oxygens (including phenoxy) is 3. The van der Waals surface area contributed by atoms with Gasteiger partial charge in [-0.05, 0) is 31.0 Å². The molecule has 1 aliphatic rings. The molecule has 0 amide bonds. The summed E-state index contributed by atoms with van der Waals surface area (Å²) in [5.41, 5.74) is 0. The third-order valence-corrected chi connectivity index (χ3v) is 11.0. The van der Waals surface area contributed by atoms with Crippen molar-refractivity contribution in [3.63, 3.8) is 0 Å². The summed E-state index contributed by atoms with van der Waals surface area (Å²) >= 11 is 0. The van der Waals surface area contributed by atoms with Gasteiger partial charge in [-0.25, -0.2) is 0 Å². The number of carbonyl (C=O) groups is 1. The van der Waals surface area contributed by atoms with Gasteiger partial charge in [0.25, 0.3) is 0 Å². The Labute approximate surface area is 190 Å². The van der Waals surface area contributed by atoms with Gasteiger partial charge in [0.05, 0.1) is 31.0 Å². The number of esters is 1. The van der Waals surface area contributed by atoms with Crippen molar-refractivity contribution < 1.29 is 28.5 Å². The minimum absolute atomic E-state index is 0.0197. The van der Waals surface area contributed by atoms with Crippen LogP contribution in [-0.4, -0.2) is 62.6 Å². The highest BCUT2D eigenvalue weighted by molar-refractivity contribution is 6.73. The Bertz CT molecular complexity index is 542. The molecule has 0 aromatic carbocycles. The average molecular weight is 457 g/mol. The van der Waals surface area contributed by atoms with Crippen molar-refractivity contribution in [1.29, 1.82) is 0 Å². The van der Waals surface area contributed by atoms with Gasteiger partial charge in [0, 0.05) is 19.8 Å². The Kier molecular flexibility index (Phi) is 12.9. The lowest BCUT2D eigenvalue weighted by molar-refractivity contribution is -0.164. The van der Waals surface area contributed by atoms with E-state index in [0.717, 1.165) is 24.6 Å². The molecule has 0 spiro atoms. The Morgan fingerprint density at radius 2 is 1.58 bits per heavy atom. The van der Waals surface area contributed by atoms with Gasteiger partial charge in [-0.15, -0.1) is 13.2 Å². The fourth-order valence-corrected chi connectivity index (χ4v) is 7.05. The van der Waals surface area contributed by atoms with Gasteiger partial charge in [-0.3, -0.25) is 4.79 Å². The Balaban J connectivity index is 3.09. The summed E-state index contributed by atoms with van der Waals surface area (Å²) in [7, 11) is -1.84. The van der Waals surface area contributed by atoms with Crippen LogP contribution in [-0.2, 0) is 23.4 Å². The topological polar surface area (TPSA) is 77.5 Å². The number of hydrogen-bond donors (Lipinski definition) is 1. The van der Waals surface area contributed by atoms with Crippen molar-refractivity contribution in [3.05, 3.63) is 25.3 Å². The lowest BCUT2D eigenvalue weighted by Crippen LogP contribution is -2.47. The first-order chi connectivity index (χ1) is 14.8. The number of hydrogen-bond acceptors (Lipinski definition) is 6. The number of rotatable bonds is 18. The molecule has 0 unspecified atom stereocenters. The van der Waals surface area contributed by atoms with Gasteiger partial charge in [0.15, 0.2) is 8.32 Å².